The van der Waals surface area contributed by atoms with Crippen LogP contribution in [0.5, 0.6) is 5.75 Å². The summed E-state index contributed by atoms with van der Waals surface area (Å²) in [5.74, 6) is -1.07. The zero-order valence-electron chi connectivity index (χ0n) is 9.12. The summed E-state index contributed by atoms with van der Waals surface area (Å²) in [4.78, 5) is 11.2. The van der Waals surface area contributed by atoms with Crippen LogP contribution in [-0.2, 0) is 0 Å². The summed E-state index contributed by atoms with van der Waals surface area (Å²) < 4.78 is 41.2. The third-order valence-electron chi connectivity index (χ3n) is 1.80. The molecular formula is C10H11F3N2O3. The van der Waals surface area contributed by atoms with Crippen LogP contribution in [0.2, 0.25) is 0 Å². The molecule has 0 saturated carbocycles. The standard InChI is InChI=1S/C10H11F3N2O3/c11-6-1-2-8(18-9(12)13)7(5-6)15-10(17)14-3-4-16/h1-2,5,9,16H,3-4H2,(H2,14,15,17). The van der Waals surface area contributed by atoms with Crippen LogP contribution < -0.4 is 15.4 Å². The zero-order valence-corrected chi connectivity index (χ0v) is 9.12. The fraction of sp³-hybridized carbons (Fsp3) is 0.300. The number of urea groups is 1. The summed E-state index contributed by atoms with van der Waals surface area (Å²) in [6.07, 6.45) is 0. The molecule has 0 bridgehead atoms. The van der Waals surface area contributed by atoms with E-state index in [1.165, 1.54) is 0 Å². The molecule has 0 aliphatic rings. The van der Waals surface area contributed by atoms with Crippen LogP contribution in [0.3, 0.4) is 0 Å². The minimum absolute atomic E-state index is 0.0216. The van der Waals surface area contributed by atoms with Gasteiger partial charge in [-0.3, -0.25) is 0 Å². The number of amides is 2. The van der Waals surface area contributed by atoms with E-state index in [0.717, 1.165) is 18.2 Å². The molecule has 2 amide bonds. The monoisotopic (exact) mass is 264 g/mol. The Morgan fingerprint density at radius 1 is 1.44 bits per heavy atom. The third-order valence-corrected chi connectivity index (χ3v) is 1.80. The summed E-state index contributed by atoms with van der Waals surface area (Å²) in [7, 11) is 0. The second-order valence-electron chi connectivity index (χ2n) is 3.12. The quantitative estimate of drug-likeness (QED) is 0.755. The van der Waals surface area contributed by atoms with E-state index in [2.05, 4.69) is 15.4 Å². The average molecular weight is 264 g/mol. The highest BCUT2D eigenvalue weighted by atomic mass is 19.3. The van der Waals surface area contributed by atoms with Crippen LogP contribution in [0.25, 0.3) is 0 Å². The maximum atomic E-state index is 12.9. The van der Waals surface area contributed by atoms with E-state index in [9.17, 15) is 18.0 Å². The first kappa shape index (κ1) is 14.1. The van der Waals surface area contributed by atoms with Gasteiger partial charge in [0.2, 0.25) is 0 Å². The van der Waals surface area contributed by atoms with Crippen LogP contribution in [0, 0.1) is 5.82 Å². The number of nitrogens with one attached hydrogen (secondary N) is 2. The average Bonchev–Trinajstić information content (AvgIpc) is 2.29. The third kappa shape index (κ3) is 4.50. The van der Waals surface area contributed by atoms with Gasteiger partial charge in [0, 0.05) is 12.6 Å². The number of ether oxygens (including phenoxy) is 1. The lowest BCUT2D eigenvalue weighted by molar-refractivity contribution is -0.0494. The van der Waals surface area contributed by atoms with Gasteiger partial charge in [0.25, 0.3) is 0 Å². The molecule has 5 nitrogen and oxygen atoms in total. The molecule has 0 aromatic heterocycles. The smallest absolute Gasteiger partial charge is 0.387 e. The van der Waals surface area contributed by atoms with Crippen molar-refractivity contribution in [1.82, 2.24) is 5.32 Å². The molecule has 0 fully saturated rings. The van der Waals surface area contributed by atoms with E-state index in [1.54, 1.807) is 0 Å². The highest BCUT2D eigenvalue weighted by molar-refractivity contribution is 5.90. The Labute approximate surface area is 101 Å². The Hall–Kier alpha value is -1.96. The van der Waals surface area contributed by atoms with Gasteiger partial charge in [-0.2, -0.15) is 8.78 Å². The SMILES string of the molecule is O=C(NCCO)Nc1cc(F)ccc1OC(F)F. The molecule has 0 aliphatic heterocycles. The molecule has 0 aliphatic carbocycles. The summed E-state index contributed by atoms with van der Waals surface area (Å²) in [5, 5.41) is 12.8. The maximum absolute atomic E-state index is 12.9. The Kier molecular flexibility index (Phi) is 5.25. The van der Waals surface area contributed by atoms with Gasteiger partial charge >= 0.3 is 12.6 Å². The predicted molar refractivity (Wildman–Crippen MR) is 57.1 cm³/mol. The molecular weight excluding hydrogens is 253 g/mol. The minimum Gasteiger partial charge on any atom is -0.433 e. The molecule has 3 N–H and O–H groups in total. The first-order chi connectivity index (χ1) is 8.52. The lowest BCUT2D eigenvalue weighted by Crippen LogP contribution is -2.31. The second-order valence-corrected chi connectivity index (χ2v) is 3.12. The van der Waals surface area contributed by atoms with E-state index in [1.807, 2.05) is 0 Å². The van der Waals surface area contributed by atoms with Crippen LogP contribution in [0.1, 0.15) is 0 Å². The van der Waals surface area contributed by atoms with Crippen molar-refractivity contribution in [2.45, 2.75) is 6.61 Å². The van der Waals surface area contributed by atoms with Gasteiger partial charge in [-0.1, -0.05) is 0 Å². The Morgan fingerprint density at radius 3 is 2.78 bits per heavy atom. The Balaban J connectivity index is 2.78. The van der Waals surface area contributed by atoms with Crippen molar-refractivity contribution >= 4 is 11.7 Å². The number of hydrogen-bond donors (Lipinski definition) is 3. The summed E-state index contributed by atoms with van der Waals surface area (Å²) in [6, 6.07) is 1.97. The van der Waals surface area contributed by atoms with Crippen LogP contribution in [0.15, 0.2) is 18.2 Å². The van der Waals surface area contributed by atoms with Gasteiger partial charge in [-0.15, -0.1) is 0 Å². The first-order valence-corrected chi connectivity index (χ1v) is 4.93. The molecule has 1 rings (SSSR count). The number of halogens is 3. The van der Waals surface area contributed by atoms with Crippen LogP contribution in [0.4, 0.5) is 23.7 Å². The molecule has 0 saturated heterocycles. The summed E-state index contributed by atoms with van der Waals surface area (Å²) >= 11 is 0. The van der Waals surface area contributed by atoms with Crippen LogP contribution in [-0.4, -0.2) is 30.9 Å². The van der Waals surface area contributed by atoms with Crippen molar-refractivity contribution in [3.63, 3.8) is 0 Å². The van der Waals surface area contributed by atoms with E-state index < -0.39 is 18.5 Å². The van der Waals surface area contributed by atoms with Crippen molar-refractivity contribution < 1.29 is 27.8 Å². The molecule has 1 aromatic carbocycles. The maximum Gasteiger partial charge on any atom is 0.387 e. The molecule has 0 heterocycles. The van der Waals surface area contributed by atoms with E-state index in [-0.39, 0.29) is 24.6 Å². The fourth-order valence-corrected chi connectivity index (χ4v) is 1.13. The lowest BCUT2D eigenvalue weighted by atomic mass is 10.3. The van der Waals surface area contributed by atoms with Crippen LogP contribution >= 0.6 is 0 Å². The van der Waals surface area contributed by atoms with Crippen molar-refractivity contribution in [2.24, 2.45) is 0 Å². The van der Waals surface area contributed by atoms with E-state index in [4.69, 9.17) is 5.11 Å². The largest absolute Gasteiger partial charge is 0.433 e. The van der Waals surface area contributed by atoms with Gasteiger partial charge < -0.3 is 20.5 Å². The fourth-order valence-electron chi connectivity index (χ4n) is 1.13. The zero-order chi connectivity index (χ0) is 13.5. The first-order valence-electron chi connectivity index (χ1n) is 4.93. The summed E-state index contributed by atoms with van der Waals surface area (Å²) in [5.41, 5.74) is -0.231. The molecule has 0 spiro atoms. The van der Waals surface area contributed by atoms with Gasteiger partial charge in [-0.25, -0.2) is 9.18 Å². The van der Waals surface area contributed by atoms with E-state index >= 15 is 0 Å². The lowest BCUT2D eigenvalue weighted by Gasteiger charge is -2.12. The number of hydrogen-bond acceptors (Lipinski definition) is 3. The Morgan fingerprint density at radius 2 is 2.17 bits per heavy atom. The molecule has 1 aromatic rings. The van der Waals surface area contributed by atoms with Gasteiger partial charge in [-0.05, 0) is 12.1 Å². The summed E-state index contributed by atoms with van der Waals surface area (Å²) in [6.45, 7) is -3.39. The van der Waals surface area contributed by atoms with Crippen molar-refractivity contribution in [3.05, 3.63) is 24.0 Å². The molecule has 0 unspecified atom stereocenters. The number of carbonyl (C=O) groups excluding carboxylic acids is 1. The number of aliphatic hydroxyl groups excluding tert-OH is 1. The Bertz CT molecular complexity index is 415. The van der Waals surface area contributed by atoms with Crippen molar-refractivity contribution in [2.75, 3.05) is 18.5 Å². The van der Waals surface area contributed by atoms with Crippen molar-refractivity contribution in [1.29, 1.82) is 0 Å². The highest BCUT2D eigenvalue weighted by Crippen LogP contribution is 2.26. The number of anilines is 1. The van der Waals surface area contributed by atoms with Gasteiger partial charge in [0.05, 0.1) is 12.3 Å². The van der Waals surface area contributed by atoms with E-state index in [0.29, 0.717) is 0 Å². The molecule has 100 valence electrons. The molecule has 18 heavy (non-hydrogen) atoms. The number of benzene rings is 1. The normalized spacial score (nSPS) is 10.3. The van der Waals surface area contributed by atoms with Gasteiger partial charge in [0.15, 0.2) is 0 Å². The van der Waals surface area contributed by atoms with Gasteiger partial charge in [0.1, 0.15) is 11.6 Å². The number of carbonyl (C=O) groups is 1. The number of aliphatic hydroxyl groups is 1. The minimum atomic E-state index is -3.09. The topological polar surface area (TPSA) is 70.6 Å². The molecule has 0 radical (unpaired) electrons. The number of alkyl halides is 2. The molecule has 0 atom stereocenters. The number of rotatable bonds is 5. The second kappa shape index (κ2) is 6.70. The highest BCUT2D eigenvalue weighted by Gasteiger charge is 2.12. The predicted octanol–water partition coefficient (Wildman–Crippen LogP) is 1.54. The molecule has 8 heteroatoms. The van der Waals surface area contributed by atoms with Crippen molar-refractivity contribution in [3.8, 4) is 5.75 Å².